The summed E-state index contributed by atoms with van der Waals surface area (Å²) in [4.78, 5) is 12.6. The number of nitrogens with one attached hydrogen (secondary N) is 2. The molecule has 1 amide bonds. The Kier molecular flexibility index (Phi) is 8.17. The number of methoxy groups -OCH3 is 1. The molecular weight excluding hydrogens is 373 g/mol. The Labute approximate surface area is 157 Å². The van der Waals surface area contributed by atoms with E-state index in [-0.39, 0.29) is 30.1 Å². The summed E-state index contributed by atoms with van der Waals surface area (Å²) in [5.74, 6) is -0.0484. The highest BCUT2D eigenvalue weighted by Crippen LogP contribution is 2.25. The average molecular weight is 397 g/mol. The quantitative estimate of drug-likeness (QED) is 0.776. The summed E-state index contributed by atoms with van der Waals surface area (Å²) in [6.07, 6.45) is -3.19. The number of carbonyl (C=O) groups excluding carboxylic acids is 1. The first-order valence-electron chi connectivity index (χ1n) is 8.12. The van der Waals surface area contributed by atoms with E-state index in [2.05, 4.69) is 15.4 Å². The fourth-order valence-electron chi connectivity index (χ4n) is 2.78. The predicted molar refractivity (Wildman–Crippen MR) is 93.6 cm³/mol. The van der Waals surface area contributed by atoms with E-state index in [1.54, 1.807) is 12.1 Å². The van der Waals surface area contributed by atoms with E-state index >= 15 is 0 Å². The van der Waals surface area contributed by atoms with Crippen LogP contribution >= 0.6 is 12.4 Å². The monoisotopic (exact) mass is 396 g/mol. The first-order valence-corrected chi connectivity index (χ1v) is 8.12. The number of hydrogen-bond acceptors (Lipinski definition) is 4. The average Bonchev–Trinajstić information content (AvgIpc) is 2.60. The van der Waals surface area contributed by atoms with Gasteiger partial charge in [0.25, 0.3) is 5.91 Å². The van der Waals surface area contributed by atoms with Gasteiger partial charge in [-0.05, 0) is 50.6 Å². The molecule has 1 aromatic carbocycles. The molecule has 1 atom stereocenters. The van der Waals surface area contributed by atoms with Gasteiger partial charge in [-0.25, -0.2) is 0 Å². The van der Waals surface area contributed by atoms with E-state index < -0.39 is 18.4 Å². The Morgan fingerprint density at radius 3 is 2.35 bits per heavy atom. The molecule has 1 aliphatic rings. The molecule has 0 radical (unpaired) electrons. The first-order chi connectivity index (χ1) is 11.8. The number of hydrogen-bond donors (Lipinski definition) is 2. The van der Waals surface area contributed by atoms with Crippen LogP contribution in [0.5, 0.6) is 5.75 Å². The maximum Gasteiger partial charge on any atom is 0.422 e. The predicted octanol–water partition coefficient (Wildman–Crippen LogP) is 3.00. The minimum Gasteiger partial charge on any atom is -0.484 e. The SMILES string of the molecule is COC1(C(=O)NC(C)c2ccc(OCC(F)(F)F)cc2)CCNCC1.Cl. The normalized spacial score (nSPS) is 17.7. The van der Waals surface area contributed by atoms with Gasteiger partial charge in [-0.2, -0.15) is 13.2 Å². The molecular formula is C17H24ClF3N2O3. The van der Waals surface area contributed by atoms with Crippen molar-refractivity contribution in [1.29, 1.82) is 0 Å². The number of benzene rings is 1. The lowest BCUT2D eigenvalue weighted by Gasteiger charge is -2.35. The van der Waals surface area contributed by atoms with Crippen LogP contribution in [0, 0.1) is 0 Å². The molecule has 0 bridgehead atoms. The molecule has 0 aromatic heterocycles. The number of piperidine rings is 1. The Bertz CT molecular complexity index is 576. The second-order valence-electron chi connectivity index (χ2n) is 6.12. The highest BCUT2D eigenvalue weighted by atomic mass is 35.5. The molecule has 0 saturated carbocycles. The zero-order valence-electron chi connectivity index (χ0n) is 14.7. The Hall–Kier alpha value is -1.51. The Balaban J connectivity index is 0.00000338. The Morgan fingerprint density at radius 1 is 1.27 bits per heavy atom. The standard InChI is InChI=1S/C17H23F3N2O3.ClH/c1-12(22-15(23)16(24-2)7-9-21-10-8-16)13-3-5-14(6-4-13)25-11-17(18,19)20;/h3-6,12,21H,7-11H2,1-2H3,(H,22,23);1H. The van der Waals surface area contributed by atoms with Crippen LogP contribution < -0.4 is 15.4 Å². The minimum absolute atomic E-state index is 0. The van der Waals surface area contributed by atoms with Crippen LogP contribution in [-0.2, 0) is 9.53 Å². The molecule has 2 N–H and O–H groups in total. The zero-order chi connectivity index (χ0) is 18.5. The molecule has 1 unspecified atom stereocenters. The van der Waals surface area contributed by atoms with E-state index in [1.807, 2.05) is 6.92 Å². The van der Waals surface area contributed by atoms with Crippen molar-refractivity contribution >= 4 is 18.3 Å². The van der Waals surface area contributed by atoms with Gasteiger partial charge >= 0.3 is 6.18 Å². The smallest absolute Gasteiger partial charge is 0.422 e. The van der Waals surface area contributed by atoms with Crippen LogP contribution in [-0.4, -0.2) is 44.5 Å². The van der Waals surface area contributed by atoms with E-state index in [0.29, 0.717) is 25.9 Å². The van der Waals surface area contributed by atoms with Gasteiger partial charge in [-0.3, -0.25) is 4.79 Å². The lowest BCUT2D eigenvalue weighted by atomic mass is 9.90. The summed E-state index contributed by atoms with van der Waals surface area (Å²) in [5, 5.41) is 6.11. The number of ether oxygens (including phenoxy) is 2. The summed E-state index contributed by atoms with van der Waals surface area (Å²) >= 11 is 0. The van der Waals surface area contributed by atoms with Crippen molar-refractivity contribution < 1.29 is 27.4 Å². The third kappa shape index (κ3) is 6.03. The van der Waals surface area contributed by atoms with Crippen molar-refractivity contribution in [1.82, 2.24) is 10.6 Å². The van der Waals surface area contributed by atoms with E-state index in [1.165, 1.54) is 19.2 Å². The van der Waals surface area contributed by atoms with Gasteiger partial charge in [-0.1, -0.05) is 12.1 Å². The third-order valence-electron chi connectivity index (χ3n) is 4.35. The largest absolute Gasteiger partial charge is 0.484 e. The van der Waals surface area contributed by atoms with E-state index in [4.69, 9.17) is 4.74 Å². The van der Waals surface area contributed by atoms with Crippen LogP contribution in [0.25, 0.3) is 0 Å². The molecule has 2 rings (SSSR count). The van der Waals surface area contributed by atoms with Gasteiger partial charge in [0.05, 0.1) is 6.04 Å². The highest BCUT2D eigenvalue weighted by molar-refractivity contribution is 5.86. The lowest BCUT2D eigenvalue weighted by Crippen LogP contribution is -2.54. The molecule has 0 aliphatic carbocycles. The molecule has 26 heavy (non-hydrogen) atoms. The molecule has 0 spiro atoms. The zero-order valence-corrected chi connectivity index (χ0v) is 15.5. The summed E-state index contributed by atoms with van der Waals surface area (Å²) in [7, 11) is 1.53. The molecule has 148 valence electrons. The fourth-order valence-corrected chi connectivity index (χ4v) is 2.78. The molecule has 1 fully saturated rings. The van der Waals surface area contributed by atoms with E-state index in [0.717, 1.165) is 5.56 Å². The van der Waals surface area contributed by atoms with Crippen molar-refractivity contribution in [3.8, 4) is 5.75 Å². The Morgan fingerprint density at radius 2 is 1.85 bits per heavy atom. The lowest BCUT2D eigenvalue weighted by molar-refractivity contribution is -0.153. The van der Waals surface area contributed by atoms with Gasteiger partial charge < -0.3 is 20.1 Å². The van der Waals surface area contributed by atoms with Gasteiger partial charge in [0.15, 0.2) is 6.61 Å². The number of halogens is 4. The maximum absolute atomic E-state index is 12.6. The maximum atomic E-state index is 12.6. The molecule has 1 heterocycles. The fraction of sp³-hybridized carbons (Fsp3) is 0.588. The van der Waals surface area contributed by atoms with Crippen molar-refractivity contribution in [2.24, 2.45) is 0 Å². The molecule has 9 heteroatoms. The van der Waals surface area contributed by atoms with Crippen LogP contribution in [0.1, 0.15) is 31.4 Å². The van der Waals surface area contributed by atoms with Crippen molar-refractivity contribution in [3.05, 3.63) is 29.8 Å². The summed E-state index contributed by atoms with van der Waals surface area (Å²) < 4.78 is 46.6. The first kappa shape index (κ1) is 22.5. The summed E-state index contributed by atoms with van der Waals surface area (Å²) in [6.45, 7) is 1.90. The highest BCUT2D eigenvalue weighted by Gasteiger charge is 2.40. The van der Waals surface area contributed by atoms with Gasteiger partial charge in [0.2, 0.25) is 0 Å². The molecule has 1 aromatic rings. The number of carbonyl (C=O) groups is 1. The van der Waals surface area contributed by atoms with Crippen LogP contribution in [0.4, 0.5) is 13.2 Å². The van der Waals surface area contributed by atoms with Crippen molar-refractivity contribution in [2.45, 2.75) is 37.6 Å². The number of amides is 1. The number of rotatable bonds is 6. The second kappa shape index (κ2) is 9.43. The number of alkyl halides is 3. The van der Waals surface area contributed by atoms with E-state index in [9.17, 15) is 18.0 Å². The van der Waals surface area contributed by atoms with Crippen molar-refractivity contribution in [2.75, 3.05) is 26.8 Å². The summed E-state index contributed by atoms with van der Waals surface area (Å²) in [6, 6.07) is 5.89. The second-order valence-corrected chi connectivity index (χ2v) is 6.12. The molecule has 1 aliphatic heterocycles. The summed E-state index contributed by atoms with van der Waals surface area (Å²) in [5.41, 5.74) is -0.0668. The van der Waals surface area contributed by atoms with Gasteiger partial charge in [0, 0.05) is 7.11 Å². The molecule has 5 nitrogen and oxygen atoms in total. The van der Waals surface area contributed by atoms with Crippen LogP contribution in [0.15, 0.2) is 24.3 Å². The van der Waals surface area contributed by atoms with Gasteiger partial charge in [0.1, 0.15) is 11.4 Å². The third-order valence-corrected chi connectivity index (χ3v) is 4.35. The van der Waals surface area contributed by atoms with Crippen molar-refractivity contribution in [3.63, 3.8) is 0 Å². The molecule has 1 saturated heterocycles. The van der Waals surface area contributed by atoms with Gasteiger partial charge in [-0.15, -0.1) is 12.4 Å². The minimum atomic E-state index is -4.37. The van der Waals surface area contributed by atoms with Crippen LogP contribution in [0.2, 0.25) is 0 Å². The van der Waals surface area contributed by atoms with Crippen LogP contribution in [0.3, 0.4) is 0 Å². The topological polar surface area (TPSA) is 59.6 Å².